The van der Waals surface area contributed by atoms with Crippen LogP contribution in [0.5, 0.6) is 0 Å². The van der Waals surface area contributed by atoms with E-state index in [-0.39, 0.29) is 12.5 Å². The number of hydrogen-bond donors (Lipinski definition) is 1. The third-order valence-electron chi connectivity index (χ3n) is 2.51. The highest BCUT2D eigenvalue weighted by Crippen LogP contribution is 2.26. The summed E-state index contributed by atoms with van der Waals surface area (Å²) in [4.78, 5) is 12.7. The minimum atomic E-state index is -0.717. The first-order valence-electron chi connectivity index (χ1n) is 5.67. The van der Waals surface area contributed by atoms with E-state index < -0.39 is 5.97 Å². The van der Waals surface area contributed by atoms with E-state index in [0.29, 0.717) is 19.2 Å². The first kappa shape index (κ1) is 12.5. The molecule has 0 aromatic carbocycles. The molecule has 1 aliphatic rings. The van der Waals surface area contributed by atoms with Crippen LogP contribution in [0.25, 0.3) is 0 Å². The van der Waals surface area contributed by atoms with Crippen molar-refractivity contribution < 1.29 is 14.6 Å². The Morgan fingerprint density at radius 1 is 1.47 bits per heavy atom. The second kappa shape index (κ2) is 6.08. The fourth-order valence-corrected chi connectivity index (χ4v) is 1.56. The molecule has 0 aromatic heterocycles. The van der Waals surface area contributed by atoms with Crippen LogP contribution in [0, 0.1) is 0 Å². The van der Waals surface area contributed by atoms with Crippen LogP contribution < -0.4 is 0 Å². The molecule has 15 heavy (non-hydrogen) atoms. The molecule has 1 aliphatic carbocycles. The molecule has 1 saturated carbocycles. The van der Waals surface area contributed by atoms with Gasteiger partial charge >= 0.3 is 5.97 Å². The zero-order valence-electron chi connectivity index (χ0n) is 9.61. The molecule has 0 spiro atoms. The molecule has 0 bridgehead atoms. The van der Waals surface area contributed by atoms with E-state index in [1.807, 2.05) is 13.8 Å². The molecule has 88 valence electrons. The Morgan fingerprint density at radius 2 is 2.13 bits per heavy atom. The number of carboxylic acids is 1. The molecule has 0 radical (unpaired) electrons. The van der Waals surface area contributed by atoms with Crippen LogP contribution in [0.2, 0.25) is 0 Å². The lowest BCUT2D eigenvalue weighted by molar-refractivity contribution is -0.137. The Labute approximate surface area is 91.2 Å². The second-order valence-electron chi connectivity index (χ2n) is 4.33. The predicted molar refractivity (Wildman–Crippen MR) is 57.9 cm³/mol. The zero-order valence-corrected chi connectivity index (χ0v) is 9.61. The van der Waals surface area contributed by atoms with Crippen molar-refractivity contribution in [1.82, 2.24) is 4.90 Å². The molecule has 0 heterocycles. The van der Waals surface area contributed by atoms with Crippen LogP contribution in [0.4, 0.5) is 0 Å². The van der Waals surface area contributed by atoms with Gasteiger partial charge in [0.05, 0.1) is 19.1 Å². The van der Waals surface area contributed by atoms with Crippen LogP contribution in [0.15, 0.2) is 0 Å². The molecule has 4 heteroatoms. The van der Waals surface area contributed by atoms with Crippen LogP contribution >= 0.6 is 0 Å². The Balaban J connectivity index is 2.15. The molecule has 1 N–H and O–H groups in total. The highest BCUT2D eigenvalue weighted by Gasteiger charge is 2.28. The minimum Gasteiger partial charge on any atom is -0.481 e. The molecule has 1 rings (SSSR count). The number of aliphatic carboxylic acids is 1. The summed E-state index contributed by atoms with van der Waals surface area (Å²) in [5.41, 5.74) is 0. The maximum Gasteiger partial charge on any atom is 0.304 e. The molecule has 0 amide bonds. The maximum absolute atomic E-state index is 10.5. The first-order valence-corrected chi connectivity index (χ1v) is 5.67. The molecule has 0 unspecified atom stereocenters. The van der Waals surface area contributed by atoms with Crippen LogP contribution in [-0.4, -0.2) is 47.8 Å². The lowest BCUT2D eigenvalue weighted by atomic mass is 10.3. The molecule has 0 aliphatic heterocycles. The van der Waals surface area contributed by atoms with E-state index in [9.17, 15) is 4.79 Å². The summed E-state index contributed by atoms with van der Waals surface area (Å²) in [5, 5.41) is 8.62. The van der Waals surface area contributed by atoms with Gasteiger partial charge in [0, 0.05) is 19.1 Å². The summed E-state index contributed by atoms with van der Waals surface area (Å²) >= 11 is 0. The van der Waals surface area contributed by atoms with Gasteiger partial charge in [0.25, 0.3) is 0 Å². The van der Waals surface area contributed by atoms with Gasteiger partial charge < -0.3 is 9.84 Å². The first-order chi connectivity index (χ1) is 7.09. The molecule has 0 saturated heterocycles. The largest absolute Gasteiger partial charge is 0.481 e. The Bertz CT molecular complexity index is 202. The van der Waals surface area contributed by atoms with Crippen molar-refractivity contribution in [1.29, 1.82) is 0 Å². The second-order valence-corrected chi connectivity index (χ2v) is 4.33. The van der Waals surface area contributed by atoms with Gasteiger partial charge in [-0.1, -0.05) is 0 Å². The van der Waals surface area contributed by atoms with Crippen molar-refractivity contribution in [3.63, 3.8) is 0 Å². The smallest absolute Gasteiger partial charge is 0.304 e. The quantitative estimate of drug-likeness (QED) is 0.664. The van der Waals surface area contributed by atoms with Crippen molar-refractivity contribution in [3.05, 3.63) is 0 Å². The number of nitrogens with zero attached hydrogens (tertiary/aromatic N) is 1. The van der Waals surface area contributed by atoms with Crippen molar-refractivity contribution in [3.8, 4) is 0 Å². The van der Waals surface area contributed by atoms with Gasteiger partial charge in [0.2, 0.25) is 0 Å². The van der Waals surface area contributed by atoms with Crippen molar-refractivity contribution in [2.45, 2.75) is 45.3 Å². The van der Waals surface area contributed by atoms with E-state index in [4.69, 9.17) is 9.84 Å². The summed E-state index contributed by atoms with van der Waals surface area (Å²) in [5.74, 6) is -0.717. The average molecular weight is 215 g/mol. The van der Waals surface area contributed by atoms with Gasteiger partial charge in [-0.15, -0.1) is 0 Å². The van der Waals surface area contributed by atoms with Gasteiger partial charge in [-0.25, -0.2) is 0 Å². The topological polar surface area (TPSA) is 49.8 Å². The summed E-state index contributed by atoms with van der Waals surface area (Å²) in [6.45, 7) is 6.24. The molecular weight excluding hydrogens is 194 g/mol. The molecular formula is C11H21NO3. The Morgan fingerprint density at radius 3 is 2.60 bits per heavy atom. The lowest BCUT2D eigenvalue weighted by Crippen LogP contribution is -2.32. The normalized spacial score (nSPS) is 16.3. The number of ether oxygens (including phenoxy) is 1. The number of rotatable bonds is 8. The van der Waals surface area contributed by atoms with Gasteiger partial charge in [0.1, 0.15) is 0 Å². The van der Waals surface area contributed by atoms with E-state index in [0.717, 1.165) is 6.54 Å². The van der Waals surface area contributed by atoms with Crippen LogP contribution in [0.3, 0.4) is 0 Å². The predicted octanol–water partition coefficient (Wildman–Crippen LogP) is 1.35. The lowest BCUT2D eigenvalue weighted by Gasteiger charge is -2.21. The SMILES string of the molecule is CC(C)OCCN(CCC(=O)O)C1CC1. The highest BCUT2D eigenvalue weighted by molar-refractivity contribution is 5.66. The summed E-state index contributed by atoms with van der Waals surface area (Å²) in [6.07, 6.45) is 2.91. The maximum atomic E-state index is 10.5. The van der Waals surface area contributed by atoms with E-state index in [1.54, 1.807) is 0 Å². The highest BCUT2D eigenvalue weighted by atomic mass is 16.5. The van der Waals surface area contributed by atoms with Crippen molar-refractivity contribution in [2.75, 3.05) is 19.7 Å². The fraction of sp³-hybridized carbons (Fsp3) is 0.909. The number of carboxylic acid groups (broad SMARTS) is 1. The fourth-order valence-electron chi connectivity index (χ4n) is 1.56. The van der Waals surface area contributed by atoms with E-state index in [2.05, 4.69) is 4.90 Å². The standard InChI is InChI=1S/C11H21NO3/c1-9(2)15-8-7-12(10-3-4-10)6-5-11(13)14/h9-10H,3-8H2,1-2H3,(H,13,14). The molecule has 0 aromatic rings. The van der Waals surface area contributed by atoms with Crippen LogP contribution in [-0.2, 0) is 9.53 Å². The average Bonchev–Trinajstić information content (AvgIpc) is 2.93. The van der Waals surface area contributed by atoms with Gasteiger partial charge in [-0.2, -0.15) is 0 Å². The summed E-state index contributed by atoms with van der Waals surface area (Å²) < 4.78 is 5.47. The third kappa shape index (κ3) is 5.74. The molecule has 0 atom stereocenters. The zero-order chi connectivity index (χ0) is 11.3. The third-order valence-corrected chi connectivity index (χ3v) is 2.51. The van der Waals surface area contributed by atoms with Gasteiger partial charge in [0.15, 0.2) is 0 Å². The number of carbonyl (C=O) groups is 1. The van der Waals surface area contributed by atoms with Crippen molar-refractivity contribution in [2.24, 2.45) is 0 Å². The van der Waals surface area contributed by atoms with Gasteiger partial charge in [-0.3, -0.25) is 9.69 Å². The van der Waals surface area contributed by atoms with Crippen LogP contribution in [0.1, 0.15) is 33.1 Å². The van der Waals surface area contributed by atoms with Gasteiger partial charge in [-0.05, 0) is 26.7 Å². The monoisotopic (exact) mass is 215 g/mol. The van der Waals surface area contributed by atoms with E-state index in [1.165, 1.54) is 12.8 Å². The minimum absolute atomic E-state index is 0.234. The number of hydrogen-bond acceptors (Lipinski definition) is 3. The van der Waals surface area contributed by atoms with E-state index >= 15 is 0 Å². The Kier molecular flexibility index (Phi) is 5.05. The molecule has 1 fully saturated rings. The molecule has 4 nitrogen and oxygen atoms in total. The summed E-state index contributed by atoms with van der Waals surface area (Å²) in [7, 11) is 0. The van der Waals surface area contributed by atoms with Crippen molar-refractivity contribution >= 4 is 5.97 Å². The summed E-state index contributed by atoms with van der Waals surface area (Å²) in [6, 6.07) is 0.611. The Hall–Kier alpha value is -0.610.